The predicted octanol–water partition coefficient (Wildman–Crippen LogP) is 1.99. The molecule has 0 aliphatic carbocycles. The van der Waals surface area contributed by atoms with Gasteiger partial charge < -0.3 is 5.73 Å². The van der Waals surface area contributed by atoms with Crippen LogP contribution in [0.1, 0.15) is 12.5 Å². The summed E-state index contributed by atoms with van der Waals surface area (Å²) in [6.07, 6.45) is 1.97. The quantitative estimate of drug-likeness (QED) is 0.789. The smallest absolute Gasteiger partial charge is 0.240 e. The maximum Gasteiger partial charge on any atom is 0.240 e. The Labute approximate surface area is 118 Å². The number of aryl methyl sites for hydroxylation is 1. The molecule has 1 aromatic carbocycles. The van der Waals surface area contributed by atoms with Crippen LogP contribution < -0.4 is 10.5 Å². The maximum atomic E-state index is 13.2. The van der Waals surface area contributed by atoms with Crippen molar-refractivity contribution in [3.05, 3.63) is 23.5 Å². The van der Waals surface area contributed by atoms with Gasteiger partial charge in [0.25, 0.3) is 0 Å². The molecule has 1 unspecified atom stereocenters. The summed E-state index contributed by atoms with van der Waals surface area (Å²) in [6, 6.07) is 2.29. The van der Waals surface area contributed by atoms with E-state index in [1.54, 1.807) is 18.7 Å². The summed E-state index contributed by atoms with van der Waals surface area (Å²) in [5, 5.41) is 0. The number of nitrogen functional groups attached to an aromatic ring is 1. The van der Waals surface area contributed by atoms with Crippen molar-refractivity contribution in [3.63, 3.8) is 0 Å². The first-order chi connectivity index (χ1) is 8.77. The molecular weight excluding hydrogens is 287 g/mol. The number of nitrogens with one attached hydrogen (secondary N) is 1. The average molecular weight is 306 g/mol. The number of halogens is 1. The van der Waals surface area contributed by atoms with E-state index in [1.165, 1.54) is 0 Å². The molecule has 4 nitrogen and oxygen atoms in total. The molecule has 1 atom stereocenters. The molecule has 1 aromatic rings. The lowest BCUT2D eigenvalue weighted by Crippen LogP contribution is -2.29. The molecule has 0 heterocycles. The molecule has 0 saturated heterocycles. The SMILES string of the molecule is CSCC(C)CNS(=O)(=O)c1cc(N)c(F)cc1C. The molecule has 0 aromatic heterocycles. The van der Waals surface area contributed by atoms with Crippen LogP contribution in [0.2, 0.25) is 0 Å². The Morgan fingerprint density at radius 3 is 2.68 bits per heavy atom. The average Bonchev–Trinajstić information content (AvgIpc) is 2.31. The van der Waals surface area contributed by atoms with Crippen LogP contribution >= 0.6 is 11.8 Å². The van der Waals surface area contributed by atoms with Gasteiger partial charge in [0.15, 0.2) is 0 Å². The number of anilines is 1. The molecule has 0 amide bonds. The predicted molar refractivity (Wildman–Crippen MR) is 78.3 cm³/mol. The van der Waals surface area contributed by atoms with E-state index in [1.807, 2.05) is 13.2 Å². The molecule has 108 valence electrons. The van der Waals surface area contributed by atoms with Crippen molar-refractivity contribution in [2.24, 2.45) is 5.92 Å². The number of nitrogens with two attached hydrogens (primary N) is 1. The van der Waals surface area contributed by atoms with E-state index in [0.29, 0.717) is 12.1 Å². The van der Waals surface area contributed by atoms with Crippen molar-refractivity contribution in [2.45, 2.75) is 18.7 Å². The highest BCUT2D eigenvalue weighted by molar-refractivity contribution is 7.98. The standard InChI is InChI=1S/C12H19FN2O2S2/c1-8(7-18-3)6-15-19(16,17)12-5-11(14)10(13)4-9(12)2/h4-5,8,15H,6-7,14H2,1-3H3. The van der Waals surface area contributed by atoms with Crippen molar-refractivity contribution in [3.8, 4) is 0 Å². The fourth-order valence-electron chi connectivity index (χ4n) is 1.63. The van der Waals surface area contributed by atoms with Crippen LogP contribution in [0.4, 0.5) is 10.1 Å². The van der Waals surface area contributed by atoms with Gasteiger partial charge in [-0.25, -0.2) is 17.5 Å². The minimum absolute atomic E-state index is 0.0303. The largest absolute Gasteiger partial charge is 0.396 e. The number of rotatable bonds is 6. The van der Waals surface area contributed by atoms with Crippen LogP contribution in [-0.2, 0) is 10.0 Å². The van der Waals surface area contributed by atoms with Crippen molar-refractivity contribution in [2.75, 3.05) is 24.3 Å². The van der Waals surface area contributed by atoms with Gasteiger partial charge in [0.2, 0.25) is 10.0 Å². The Hall–Kier alpha value is -0.790. The van der Waals surface area contributed by atoms with Gasteiger partial charge in [-0.2, -0.15) is 11.8 Å². The molecule has 19 heavy (non-hydrogen) atoms. The van der Waals surface area contributed by atoms with Gasteiger partial charge in [-0.05, 0) is 42.5 Å². The van der Waals surface area contributed by atoms with E-state index in [-0.39, 0.29) is 16.5 Å². The lowest BCUT2D eigenvalue weighted by Gasteiger charge is -2.13. The second-order valence-electron chi connectivity index (χ2n) is 4.55. The van der Waals surface area contributed by atoms with Crippen molar-refractivity contribution < 1.29 is 12.8 Å². The number of benzene rings is 1. The Morgan fingerprint density at radius 2 is 2.11 bits per heavy atom. The van der Waals surface area contributed by atoms with E-state index in [9.17, 15) is 12.8 Å². The summed E-state index contributed by atoms with van der Waals surface area (Å²) in [5.74, 6) is 0.489. The molecule has 0 aliphatic rings. The highest BCUT2D eigenvalue weighted by atomic mass is 32.2. The number of hydrogen-bond acceptors (Lipinski definition) is 4. The third-order valence-electron chi connectivity index (χ3n) is 2.66. The number of hydrogen-bond donors (Lipinski definition) is 2. The Kier molecular flexibility index (Phi) is 5.64. The van der Waals surface area contributed by atoms with Gasteiger partial charge in [0, 0.05) is 6.54 Å². The summed E-state index contributed by atoms with van der Waals surface area (Å²) >= 11 is 1.66. The molecule has 0 aliphatic heterocycles. The Morgan fingerprint density at radius 1 is 1.47 bits per heavy atom. The first kappa shape index (κ1) is 16.3. The second-order valence-corrected chi connectivity index (χ2v) is 7.20. The lowest BCUT2D eigenvalue weighted by atomic mass is 10.2. The van der Waals surface area contributed by atoms with Crippen LogP contribution in [0.5, 0.6) is 0 Å². The zero-order chi connectivity index (χ0) is 14.6. The van der Waals surface area contributed by atoms with E-state index >= 15 is 0 Å². The summed E-state index contributed by atoms with van der Waals surface area (Å²) < 4.78 is 40.0. The van der Waals surface area contributed by atoms with Crippen molar-refractivity contribution in [1.82, 2.24) is 4.72 Å². The molecule has 0 spiro atoms. The fraction of sp³-hybridized carbons (Fsp3) is 0.500. The first-order valence-corrected chi connectivity index (χ1v) is 8.70. The van der Waals surface area contributed by atoms with Crippen LogP contribution in [0.25, 0.3) is 0 Å². The third-order valence-corrected chi connectivity index (χ3v) is 5.12. The van der Waals surface area contributed by atoms with Crippen LogP contribution in [0.3, 0.4) is 0 Å². The molecule has 0 fully saturated rings. The van der Waals surface area contributed by atoms with Gasteiger partial charge in [-0.1, -0.05) is 6.92 Å². The third kappa shape index (κ3) is 4.36. The monoisotopic (exact) mass is 306 g/mol. The van der Waals surface area contributed by atoms with Gasteiger partial charge in [-0.15, -0.1) is 0 Å². The van der Waals surface area contributed by atoms with Crippen molar-refractivity contribution in [1.29, 1.82) is 0 Å². The second kappa shape index (κ2) is 6.58. The zero-order valence-corrected chi connectivity index (χ0v) is 12.9. The summed E-state index contributed by atoms with van der Waals surface area (Å²) in [7, 11) is -3.65. The van der Waals surface area contributed by atoms with E-state index in [2.05, 4.69) is 4.72 Å². The number of thioether (sulfide) groups is 1. The van der Waals surface area contributed by atoms with Gasteiger partial charge in [0.1, 0.15) is 5.82 Å². The van der Waals surface area contributed by atoms with Gasteiger partial charge in [0.05, 0.1) is 10.6 Å². The Balaban J connectivity index is 2.92. The molecule has 1 rings (SSSR count). The Bertz CT molecular complexity index is 547. The van der Waals surface area contributed by atoms with Gasteiger partial charge in [-0.3, -0.25) is 0 Å². The molecule has 0 saturated carbocycles. The topological polar surface area (TPSA) is 72.2 Å². The highest BCUT2D eigenvalue weighted by Gasteiger charge is 2.19. The van der Waals surface area contributed by atoms with E-state index in [0.717, 1.165) is 17.9 Å². The number of sulfonamides is 1. The molecule has 0 bridgehead atoms. The van der Waals surface area contributed by atoms with E-state index < -0.39 is 15.8 Å². The maximum absolute atomic E-state index is 13.2. The molecular formula is C12H19FN2O2S2. The first-order valence-electron chi connectivity index (χ1n) is 5.82. The summed E-state index contributed by atoms with van der Waals surface area (Å²) in [4.78, 5) is 0.0303. The summed E-state index contributed by atoms with van der Waals surface area (Å²) in [5.41, 5.74) is 5.60. The fourth-order valence-corrected chi connectivity index (χ4v) is 3.74. The van der Waals surface area contributed by atoms with Crippen molar-refractivity contribution >= 4 is 27.5 Å². The lowest BCUT2D eigenvalue weighted by molar-refractivity contribution is 0.561. The normalized spacial score (nSPS) is 13.5. The van der Waals surface area contributed by atoms with Crippen LogP contribution in [0.15, 0.2) is 17.0 Å². The van der Waals surface area contributed by atoms with Crippen LogP contribution in [-0.4, -0.2) is 27.0 Å². The molecule has 7 heteroatoms. The minimum atomic E-state index is -3.65. The van der Waals surface area contributed by atoms with Gasteiger partial charge >= 0.3 is 0 Å². The molecule has 0 radical (unpaired) electrons. The zero-order valence-electron chi connectivity index (χ0n) is 11.2. The van der Waals surface area contributed by atoms with Crippen LogP contribution in [0, 0.1) is 18.7 Å². The highest BCUT2D eigenvalue weighted by Crippen LogP contribution is 2.21. The minimum Gasteiger partial charge on any atom is -0.396 e. The molecule has 3 N–H and O–H groups in total. The van der Waals surface area contributed by atoms with E-state index in [4.69, 9.17) is 5.73 Å². The summed E-state index contributed by atoms with van der Waals surface area (Å²) in [6.45, 7) is 3.85.